The Morgan fingerprint density at radius 3 is 2.56 bits per heavy atom. The Labute approximate surface area is 156 Å². The molecule has 0 spiro atoms. The number of nitrogens with zero attached hydrogens (tertiary/aromatic N) is 1. The van der Waals surface area contributed by atoms with E-state index in [0.717, 1.165) is 19.3 Å². The van der Waals surface area contributed by atoms with Gasteiger partial charge in [-0.05, 0) is 55.9 Å². The lowest BCUT2D eigenvalue weighted by Crippen LogP contribution is -2.56. The molecular weight excluding hydrogens is 351 g/mol. The van der Waals surface area contributed by atoms with Crippen LogP contribution >= 0.6 is 0 Å². The molecule has 3 rings (SSSR count). The first-order valence-electron chi connectivity index (χ1n) is 9.16. The van der Waals surface area contributed by atoms with Gasteiger partial charge in [-0.1, -0.05) is 13.3 Å². The molecule has 2 aromatic rings. The van der Waals surface area contributed by atoms with E-state index in [1.807, 2.05) is 0 Å². The number of carbonyl (C=O) groups is 2. The van der Waals surface area contributed by atoms with Crippen LogP contribution in [-0.2, 0) is 16.0 Å². The number of rotatable bonds is 6. The Balaban J connectivity index is 1.65. The van der Waals surface area contributed by atoms with E-state index in [2.05, 4.69) is 17.2 Å². The van der Waals surface area contributed by atoms with Crippen molar-refractivity contribution in [1.82, 2.24) is 10.3 Å². The molecule has 27 heavy (non-hydrogen) atoms. The summed E-state index contributed by atoms with van der Waals surface area (Å²) >= 11 is 0. The van der Waals surface area contributed by atoms with E-state index in [-0.39, 0.29) is 18.1 Å². The van der Waals surface area contributed by atoms with Crippen LogP contribution in [0.4, 0.5) is 4.39 Å². The molecule has 0 radical (unpaired) electrons. The zero-order valence-electron chi connectivity index (χ0n) is 15.2. The van der Waals surface area contributed by atoms with Crippen LogP contribution in [0.3, 0.4) is 0 Å². The number of carbonyl (C=O) groups excluding carboxylic acids is 1. The summed E-state index contributed by atoms with van der Waals surface area (Å²) < 4.78 is 18.4. The van der Waals surface area contributed by atoms with Crippen LogP contribution in [-0.4, -0.2) is 27.5 Å². The van der Waals surface area contributed by atoms with Gasteiger partial charge in [0.2, 0.25) is 11.8 Å². The Hall–Kier alpha value is -2.70. The maximum Gasteiger partial charge on any atom is 0.329 e. The predicted octanol–water partition coefficient (Wildman–Crippen LogP) is 3.56. The molecule has 1 heterocycles. The molecule has 144 valence electrons. The third kappa shape index (κ3) is 4.35. The Kier molecular flexibility index (Phi) is 5.58. The molecule has 0 bridgehead atoms. The monoisotopic (exact) mass is 374 g/mol. The van der Waals surface area contributed by atoms with E-state index in [1.165, 1.54) is 30.5 Å². The van der Waals surface area contributed by atoms with Gasteiger partial charge in [0.25, 0.3) is 0 Å². The summed E-state index contributed by atoms with van der Waals surface area (Å²) in [6.07, 6.45) is 4.77. The lowest BCUT2D eigenvalue weighted by molar-refractivity contribution is -0.149. The highest BCUT2D eigenvalue weighted by Crippen LogP contribution is 2.34. The summed E-state index contributed by atoms with van der Waals surface area (Å²) in [5.41, 5.74) is -0.204. The Bertz CT molecular complexity index is 808. The molecular formula is C20H23FN2O4. The zero-order chi connectivity index (χ0) is 19.4. The van der Waals surface area contributed by atoms with Crippen molar-refractivity contribution in [2.45, 2.75) is 51.0 Å². The average molecular weight is 374 g/mol. The number of carboxylic acids is 1. The van der Waals surface area contributed by atoms with E-state index >= 15 is 0 Å². The van der Waals surface area contributed by atoms with Crippen LogP contribution in [0, 0.1) is 11.7 Å². The fourth-order valence-corrected chi connectivity index (χ4v) is 3.56. The van der Waals surface area contributed by atoms with E-state index in [9.17, 15) is 19.1 Å². The summed E-state index contributed by atoms with van der Waals surface area (Å²) in [4.78, 5) is 28.5. The van der Waals surface area contributed by atoms with Crippen molar-refractivity contribution < 1.29 is 23.5 Å². The summed E-state index contributed by atoms with van der Waals surface area (Å²) in [6.45, 7) is 2.10. The fourth-order valence-electron chi connectivity index (χ4n) is 3.56. The molecule has 0 atom stereocenters. The number of nitrogens with one attached hydrogen (secondary N) is 1. The SMILES string of the molecule is CCC1CCC(NC(=O)Cc2coc(-c3ccc(F)cc3)n2)(C(=O)O)CC1. The molecule has 1 fully saturated rings. The third-order valence-electron chi connectivity index (χ3n) is 5.31. The molecule has 0 saturated heterocycles. The fraction of sp³-hybridized carbons (Fsp3) is 0.450. The number of oxazole rings is 1. The second-order valence-corrected chi connectivity index (χ2v) is 7.11. The number of hydrogen-bond acceptors (Lipinski definition) is 4. The van der Waals surface area contributed by atoms with Gasteiger partial charge in [-0.3, -0.25) is 4.79 Å². The van der Waals surface area contributed by atoms with Crippen LogP contribution < -0.4 is 5.32 Å². The van der Waals surface area contributed by atoms with E-state index < -0.39 is 17.4 Å². The number of aliphatic carboxylic acids is 1. The van der Waals surface area contributed by atoms with Crippen molar-refractivity contribution in [1.29, 1.82) is 0 Å². The minimum absolute atomic E-state index is 0.0725. The van der Waals surface area contributed by atoms with Gasteiger partial charge in [0.1, 0.15) is 17.6 Å². The first kappa shape index (κ1) is 19.1. The maximum atomic E-state index is 13.0. The summed E-state index contributed by atoms with van der Waals surface area (Å²) in [7, 11) is 0. The zero-order valence-corrected chi connectivity index (χ0v) is 15.2. The standard InChI is InChI=1S/C20H23FN2O4/c1-2-13-7-9-20(10-8-13,19(25)26)23-17(24)11-16-12-27-18(22-16)14-3-5-15(21)6-4-14/h3-6,12-13H,2,7-11H2,1H3,(H,23,24)(H,25,26). The summed E-state index contributed by atoms with van der Waals surface area (Å²) in [6, 6.07) is 5.68. The normalized spacial score (nSPS) is 22.4. The van der Waals surface area contributed by atoms with Gasteiger partial charge in [0.15, 0.2) is 0 Å². The highest BCUT2D eigenvalue weighted by molar-refractivity contribution is 5.88. The quantitative estimate of drug-likeness (QED) is 0.806. The summed E-state index contributed by atoms with van der Waals surface area (Å²) in [5, 5.41) is 12.4. The molecule has 1 saturated carbocycles. The average Bonchev–Trinajstić information content (AvgIpc) is 3.11. The van der Waals surface area contributed by atoms with E-state index in [0.29, 0.717) is 30.0 Å². The highest BCUT2D eigenvalue weighted by atomic mass is 19.1. The van der Waals surface area contributed by atoms with E-state index in [1.54, 1.807) is 0 Å². The number of benzene rings is 1. The second-order valence-electron chi connectivity index (χ2n) is 7.11. The van der Waals surface area contributed by atoms with Crippen LogP contribution in [0.2, 0.25) is 0 Å². The first-order chi connectivity index (χ1) is 12.9. The molecule has 0 unspecified atom stereocenters. The van der Waals surface area contributed by atoms with Gasteiger partial charge in [-0.15, -0.1) is 0 Å². The van der Waals surface area contributed by atoms with Crippen molar-refractivity contribution in [3.8, 4) is 11.5 Å². The van der Waals surface area contributed by atoms with Crippen LogP contribution in [0.1, 0.15) is 44.7 Å². The van der Waals surface area contributed by atoms with Gasteiger partial charge in [0, 0.05) is 5.56 Å². The van der Waals surface area contributed by atoms with Crippen LogP contribution in [0.15, 0.2) is 34.9 Å². The second kappa shape index (κ2) is 7.90. The van der Waals surface area contributed by atoms with Crippen molar-refractivity contribution in [3.05, 3.63) is 42.0 Å². The van der Waals surface area contributed by atoms with Gasteiger partial charge in [-0.2, -0.15) is 0 Å². The Morgan fingerprint density at radius 2 is 1.96 bits per heavy atom. The number of aromatic nitrogens is 1. The van der Waals surface area contributed by atoms with Gasteiger partial charge in [-0.25, -0.2) is 14.2 Å². The molecule has 1 aliphatic rings. The van der Waals surface area contributed by atoms with Gasteiger partial charge < -0.3 is 14.8 Å². The first-order valence-corrected chi connectivity index (χ1v) is 9.16. The molecule has 2 N–H and O–H groups in total. The topological polar surface area (TPSA) is 92.4 Å². The molecule has 1 aliphatic carbocycles. The third-order valence-corrected chi connectivity index (χ3v) is 5.31. The number of hydrogen-bond donors (Lipinski definition) is 2. The lowest BCUT2D eigenvalue weighted by atomic mass is 9.75. The largest absolute Gasteiger partial charge is 0.480 e. The summed E-state index contributed by atoms with van der Waals surface area (Å²) in [5.74, 6) is -0.942. The number of amides is 1. The van der Waals surface area contributed by atoms with Crippen molar-refractivity contribution in [2.24, 2.45) is 5.92 Å². The van der Waals surface area contributed by atoms with Gasteiger partial charge in [0.05, 0.1) is 12.1 Å². The predicted molar refractivity (Wildman–Crippen MR) is 96.4 cm³/mol. The number of halogens is 1. The Morgan fingerprint density at radius 1 is 1.30 bits per heavy atom. The molecule has 1 amide bonds. The van der Waals surface area contributed by atoms with Crippen LogP contribution in [0.25, 0.3) is 11.5 Å². The maximum absolute atomic E-state index is 13.0. The molecule has 0 aliphatic heterocycles. The van der Waals surface area contributed by atoms with Gasteiger partial charge >= 0.3 is 5.97 Å². The van der Waals surface area contributed by atoms with Crippen LogP contribution in [0.5, 0.6) is 0 Å². The lowest BCUT2D eigenvalue weighted by Gasteiger charge is -2.37. The highest BCUT2D eigenvalue weighted by Gasteiger charge is 2.42. The number of carboxylic acid groups (broad SMARTS) is 1. The van der Waals surface area contributed by atoms with Crippen molar-refractivity contribution >= 4 is 11.9 Å². The minimum atomic E-state index is -1.20. The van der Waals surface area contributed by atoms with E-state index in [4.69, 9.17) is 4.42 Å². The molecule has 1 aromatic carbocycles. The molecule has 6 nitrogen and oxygen atoms in total. The minimum Gasteiger partial charge on any atom is -0.480 e. The van der Waals surface area contributed by atoms with Crippen molar-refractivity contribution in [2.75, 3.05) is 0 Å². The molecule has 1 aromatic heterocycles. The molecule has 7 heteroatoms. The smallest absolute Gasteiger partial charge is 0.329 e. The van der Waals surface area contributed by atoms with Crippen molar-refractivity contribution in [3.63, 3.8) is 0 Å².